The maximum Gasteiger partial charge on any atom is 0.266 e. The van der Waals surface area contributed by atoms with Gasteiger partial charge in [-0.3, -0.25) is 20.4 Å². The van der Waals surface area contributed by atoms with Crippen molar-refractivity contribution in [1.29, 1.82) is 0 Å². The fourth-order valence-corrected chi connectivity index (χ4v) is 0.600. The van der Waals surface area contributed by atoms with Gasteiger partial charge in [0.2, 0.25) is 0 Å². The zero-order chi connectivity index (χ0) is 9.40. The van der Waals surface area contributed by atoms with Crippen LogP contribution < -0.4 is 5.48 Å². The molecule has 0 aliphatic carbocycles. The Balaban J connectivity index is 4.14. The average Bonchev–Trinajstić information content (AvgIpc) is 2.03. The van der Waals surface area contributed by atoms with Crippen LogP contribution in [0.1, 0.15) is 13.3 Å². The lowest BCUT2D eigenvalue weighted by Crippen LogP contribution is -2.02. The summed E-state index contributed by atoms with van der Waals surface area (Å²) < 4.78 is 0. The molecule has 0 radical (unpaired) electrons. The van der Waals surface area contributed by atoms with Gasteiger partial charge < -0.3 is 0 Å². The largest absolute Gasteiger partial charge is 0.280 e. The molecule has 1 N–H and O–H groups in total. The third-order valence-electron chi connectivity index (χ3n) is 1.06. The van der Waals surface area contributed by atoms with Gasteiger partial charge in [-0.15, -0.1) is 0 Å². The number of hydroxylamine groups is 1. The summed E-state index contributed by atoms with van der Waals surface area (Å²) in [5, 5.41) is 10.3. The molecule has 0 aromatic carbocycles. The van der Waals surface area contributed by atoms with Crippen LogP contribution in [-0.4, -0.2) is 12.0 Å². The molecule has 0 atom stereocenters. The average molecular weight is 172 g/mol. The van der Waals surface area contributed by atoms with Crippen LogP contribution in [0.3, 0.4) is 0 Å². The first-order valence-electron chi connectivity index (χ1n) is 3.52. The lowest BCUT2D eigenvalue weighted by Gasteiger charge is -1.92. The van der Waals surface area contributed by atoms with Crippen molar-refractivity contribution in [3.05, 3.63) is 34.2 Å². The van der Waals surface area contributed by atoms with Crippen molar-refractivity contribution in [3.8, 4) is 0 Å². The smallest absolute Gasteiger partial charge is 0.266 e. The summed E-state index contributed by atoms with van der Waals surface area (Å²) in [7, 11) is 1.43. The minimum absolute atomic E-state index is 0.0575. The Bertz CT molecular complexity index is 199. The van der Waals surface area contributed by atoms with Crippen LogP contribution in [0.15, 0.2) is 24.0 Å². The molecular weight excluding hydrogens is 160 g/mol. The third kappa shape index (κ3) is 4.45. The van der Waals surface area contributed by atoms with Crippen molar-refractivity contribution in [1.82, 2.24) is 5.48 Å². The van der Waals surface area contributed by atoms with E-state index in [-0.39, 0.29) is 5.70 Å². The van der Waals surface area contributed by atoms with Crippen LogP contribution in [0.25, 0.3) is 0 Å². The first-order chi connectivity index (χ1) is 5.72. The zero-order valence-electron chi connectivity index (χ0n) is 7.11. The van der Waals surface area contributed by atoms with Gasteiger partial charge in [0.05, 0.1) is 12.0 Å². The molecule has 0 heterocycles. The summed E-state index contributed by atoms with van der Waals surface area (Å²) in [6.45, 7) is 1.83. The maximum atomic E-state index is 10.3. The molecule has 0 rings (SSSR count). The third-order valence-corrected chi connectivity index (χ3v) is 1.06. The summed E-state index contributed by atoms with van der Waals surface area (Å²) in [4.78, 5) is 14.3. The molecule has 0 amide bonds. The molecule has 5 nitrogen and oxygen atoms in total. The molecule has 5 heteroatoms. The Morgan fingerprint density at radius 3 is 2.83 bits per heavy atom. The number of hydrogen-bond donors (Lipinski definition) is 1. The minimum Gasteiger partial charge on any atom is -0.280 e. The van der Waals surface area contributed by atoms with Crippen molar-refractivity contribution in [3.63, 3.8) is 0 Å². The number of allylic oxidation sites excluding steroid dienone is 2. The summed E-state index contributed by atoms with van der Waals surface area (Å²) in [5.41, 5.74) is 2.42. The molecule has 0 aromatic rings. The van der Waals surface area contributed by atoms with Gasteiger partial charge in [0, 0.05) is 12.3 Å². The van der Waals surface area contributed by atoms with E-state index in [2.05, 4.69) is 10.3 Å². The van der Waals surface area contributed by atoms with Crippen LogP contribution in [0, 0.1) is 10.1 Å². The van der Waals surface area contributed by atoms with Crippen molar-refractivity contribution >= 4 is 0 Å². The second kappa shape index (κ2) is 6.36. The Morgan fingerprint density at radius 2 is 2.42 bits per heavy atom. The number of nitrogens with zero attached hydrogens (tertiary/aromatic N) is 1. The monoisotopic (exact) mass is 172 g/mol. The summed E-state index contributed by atoms with van der Waals surface area (Å²) >= 11 is 0. The molecule has 68 valence electrons. The van der Waals surface area contributed by atoms with E-state index in [1.165, 1.54) is 25.5 Å². The van der Waals surface area contributed by atoms with Gasteiger partial charge in [-0.25, -0.2) is 0 Å². The summed E-state index contributed by atoms with van der Waals surface area (Å²) in [6.07, 6.45) is 4.86. The lowest BCUT2D eigenvalue weighted by atomic mass is 10.3. The van der Waals surface area contributed by atoms with Gasteiger partial charge >= 0.3 is 0 Å². The van der Waals surface area contributed by atoms with E-state index in [4.69, 9.17) is 0 Å². The van der Waals surface area contributed by atoms with E-state index < -0.39 is 4.92 Å². The Hall–Kier alpha value is -1.36. The molecule has 0 aliphatic heterocycles. The molecule has 0 unspecified atom stereocenters. The van der Waals surface area contributed by atoms with Crippen LogP contribution in [0.5, 0.6) is 0 Å². The van der Waals surface area contributed by atoms with Crippen LogP contribution >= 0.6 is 0 Å². The van der Waals surface area contributed by atoms with E-state index in [1.54, 1.807) is 0 Å². The highest BCUT2D eigenvalue weighted by molar-refractivity contribution is 5.09. The quantitative estimate of drug-likeness (QED) is 0.384. The normalized spacial score (nSPS) is 12.0. The van der Waals surface area contributed by atoms with E-state index in [9.17, 15) is 10.1 Å². The van der Waals surface area contributed by atoms with E-state index in [1.807, 2.05) is 6.92 Å². The SMILES string of the molecule is CC/C=C(\C=C/NOC)[N+](=O)[O-]. The fraction of sp³-hybridized carbons (Fsp3) is 0.429. The van der Waals surface area contributed by atoms with E-state index in [0.717, 1.165) is 0 Å². The zero-order valence-corrected chi connectivity index (χ0v) is 7.11. The van der Waals surface area contributed by atoms with Crippen molar-refractivity contribution < 1.29 is 9.76 Å². The number of hydrogen-bond acceptors (Lipinski definition) is 4. The highest BCUT2D eigenvalue weighted by Crippen LogP contribution is 1.98. The second-order valence-electron chi connectivity index (χ2n) is 1.95. The Labute approximate surface area is 70.8 Å². The molecular formula is C7H12N2O3. The molecule has 0 spiro atoms. The van der Waals surface area contributed by atoms with Crippen molar-refractivity contribution in [2.24, 2.45) is 0 Å². The Kier molecular flexibility index (Phi) is 5.64. The number of nitrogens with one attached hydrogen (secondary N) is 1. The topological polar surface area (TPSA) is 64.4 Å². The second-order valence-corrected chi connectivity index (χ2v) is 1.95. The molecule has 12 heavy (non-hydrogen) atoms. The Morgan fingerprint density at radius 1 is 1.75 bits per heavy atom. The fourth-order valence-electron chi connectivity index (χ4n) is 0.600. The summed E-state index contributed by atoms with van der Waals surface area (Å²) in [5.74, 6) is 0. The van der Waals surface area contributed by atoms with E-state index >= 15 is 0 Å². The van der Waals surface area contributed by atoms with Gasteiger partial charge in [0.15, 0.2) is 0 Å². The van der Waals surface area contributed by atoms with Crippen molar-refractivity contribution in [2.75, 3.05) is 7.11 Å². The summed E-state index contributed by atoms with van der Waals surface area (Å²) in [6, 6.07) is 0. The first kappa shape index (κ1) is 10.6. The number of rotatable bonds is 5. The predicted octanol–water partition coefficient (Wildman–Crippen LogP) is 1.22. The molecule has 0 aliphatic rings. The molecule has 0 aromatic heterocycles. The molecule has 0 bridgehead atoms. The highest BCUT2D eigenvalue weighted by atomic mass is 16.6. The van der Waals surface area contributed by atoms with Gasteiger partial charge in [-0.2, -0.15) is 0 Å². The van der Waals surface area contributed by atoms with Gasteiger partial charge in [-0.1, -0.05) is 6.92 Å². The molecule has 0 saturated carbocycles. The van der Waals surface area contributed by atoms with Gasteiger partial charge in [0.25, 0.3) is 5.70 Å². The number of nitro groups is 1. The van der Waals surface area contributed by atoms with Crippen LogP contribution in [0.2, 0.25) is 0 Å². The predicted molar refractivity (Wildman–Crippen MR) is 44.7 cm³/mol. The molecule has 0 fully saturated rings. The standard InChI is InChI=1S/C7H12N2O3/c1-3-4-7(9(10)11)5-6-8-12-2/h4-6,8H,3H2,1-2H3/b6-5-,7-4+. The van der Waals surface area contributed by atoms with Crippen molar-refractivity contribution in [2.45, 2.75) is 13.3 Å². The molecule has 0 saturated heterocycles. The van der Waals surface area contributed by atoms with Crippen LogP contribution in [-0.2, 0) is 4.84 Å². The first-order valence-corrected chi connectivity index (χ1v) is 3.52. The van der Waals surface area contributed by atoms with Gasteiger partial charge in [0.1, 0.15) is 0 Å². The van der Waals surface area contributed by atoms with Gasteiger partial charge in [-0.05, 0) is 12.5 Å². The maximum absolute atomic E-state index is 10.3. The minimum atomic E-state index is -0.447. The van der Waals surface area contributed by atoms with E-state index in [0.29, 0.717) is 6.42 Å². The highest BCUT2D eigenvalue weighted by Gasteiger charge is 2.02. The van der Waals surface area contributed by atoms with Crippen LogP contribution in [0.4, 0.5) is 0 Å². The lowest BCUT2D eigenvalue weighted by molar-refractivity contribution is -0.419.